The number of hydrogen-bond acceptors (Lipinski definition) is 2. The maximum atomic E-state index is 11.9. The van der Waals surface area contributed by atoms with E-state index >= 15 is 0 Å². The molecule has 0 heterocycles. The number of rotatable bonds is 3. The predicted molar refractivity (Wildman–Crippen MR) is 84.3 cm³/mol. The number of amides is 1. The Morgan fingerprint density at radius 1 is 0.900 bits per heavy atom. The number of benzene rings is 2. The highest BCUT2D eigenvalue weighted by Crippen LogP contribution is 2.12. The van der Waals surface area contributed by atoms with Crippen LogP contribution in [0.25, 0.3) is 0 Å². The Balaban J connectivity index is 0.00000128. The van der Waals surface area contributed by atoms with Crippen LogP contribution in [0, 0.1) is 0 Å². The topological polar surface area (TPSA) is 46.2 Å². The number of carbonyl (C=O) groups is 2. The van der Waals surface area contributed by atoms with Gasteiger partial charge in [0.25, 0.3) is 5.91 Å². The third-order valence-electron chi connectivity index (χ3n) is 2.56. The van der Waals surface area contributed by atoms with E-state index in [1.165, 1.54) is 6.92 Å². The molecule has 0 fully saturated rings. The largest absolute Gasteiger partial charge is 0.322 e. The van der Waals surface area contributed by atoms with Gasteiger partial charge in [-0.05, 0) is 31.2 Å². The first-order chi connectivity index (χ1) is 9.66. The third kappa shape index (κ3) is 4.35. The molecule has 1 amide bonds. The molecule has 0 aliphatic carbocycles. The van der Waals surface area contributed by atoms with Gasteiger partial charge in [0.2, 0.25) is 0 Å². The van der Waals surface area contributed by atoms with Gasteiger partial charge >= 0.3 is 0 Å². The van der Waals surface area contributed by atoms with Gasteiger partial charge in [0.05, 0.1) is 0 Å². The van der Waals surface area contributed by atoms with Gasteiger partial charge in [-0.1, -0.05) is 44.2 Å². The number of hydrogen-bond donors (Lipinski definition) is 1. The van der Waals surface area contributed by atoms with E-state index in [1.807, 2.05) is 19.9 Å². The molecule has 0 aliphatic rings. The standard InChI is InChI=1S/C15H13NO2.C2H6.H2/c1-11(17)13-8-5-9-14(10-13)16-15(18)12-6-3-2-4-7-12;1-2;/h2-10H,1H3,(H,16,18);1-2H3;1H. The zero-order valence-electron chi connectivity index (χ0n) is 12.0. The fourth-order valence-corrected chi connectivity index (χ4v) is 1.61. The maximum absolute atomic E-state index is 11.9. The number of nitrogens with one attached hydrogen (secondary N) is 1. The lowest BCUT2D eigenvalue weighted by Crippen LogP contribution is -2.11. The van der Waals surface area contributed by atoms with Crippen molar-refractivity contribution in [1.82, 2.24) is 0 Å². The fourth-order valence-electron chi connectivity index (χ4n) is 1.61. The van der Waals surface area contributed by atoms with Gasteiger partial charge in [0.15, 0.2) is 5.78 Å². The van der Waals surface area contributed by atoms with Crippen LogP contribution in [0.2, 0.25) is 0 Å². The Hall–Kier alpha value is -2.42. The molecule has 2 rings (SSSR count). The van der Waals surface area contributed by atoms with Crippen LogP contribution in [0.4, 0.5) is 5.69 Å². The molecule has 0 saturated heterocycles. The highest BCUT2D eigenvalue weighted by molar-refractivity contribution is 6.05. The van der Waals surface area contributed by atoms with E-state index in [9.17, 15) is 9.59 Å². The lowest BCUT2D eigenvalue weighted by Gasteiger charge is -2.06. The molecule has 0 unspecified atom stereocenters. The molecule has 2 aromatic carbocycles. The molecule has 0 bridgehead atoms. The predicted octanol–water partition coefficient (Wildman–Crippen LogP) is 4.41. The van der Waals surface area contributed by atoms with Crippen LogP contribution in [0.1, 0.15) is 42.9 Å². The zero-order chi connectivity index (χ0) is 15.0. The van der Waals surface area contributed by atoms with Crippen molar-refractivity contribution >= 4 is 17.4 Å². The lowest BCUT2D eigenvalue weighted by atomic mass is 10.1. The molecule has 3 heteroatoms. The van der Waals surface area contributed by atoms with Gasteiger partial charge < -0.3 is 5.32 Å². The zero-order valence-corrected chi connectivity index (χ0v) is 12.0. The van der Waals surface area contributed by atoms with E-state index in [2.05, 4.69) is 5.32 Å². The van der Waals surface area contributed by atoms with Crippen LogP contribution in [-0.2, 0) is 0 Å². The maximum Gasteiger partial charge on any atom is 0.255 e. The monoisotopic (exact) mass is 271 g/mol. The van der Waals surface area contributed by atoms with Crippen molar-refractivity contribution in [3.8, 4) is 0 Å². The minimum Gasteiger partial charge on any atom is -0.322 e. The quantitative estimate of drug-likeness (QED) is 0.840. The van der Waals surface area contributed by atoms with Crippen molar-refractivity contribution in [2.45, 2.75) is 20.8 Å². The number of ketones is 1. The van der Waals surface area contributed by atoms with E-state index in [-0.39, 0.29) is 13.1 Å². The molecule has 3 nitrogen and oxygen atoms in total. The molecule has 0 saturated carbocycles. The summed E-state index contributed by atoms with van der Waals surface area (Å²) in [6.45, 7) is 5.50. The molecule has 0 aromatic heterocycles. The second-order valence-electron chi connectivity index (χ2n) is 3.96. The lowest BCUT2D eigenvalue weighted by molar-refractivity contribution is 0.101. The van der Waals surface area contributed by atoms with Gasteiger partial charge in [-0.2, -0.15) is 0 Å². The highest BCUT2D eigenvalue weighted by atomic mass is 16.1. The molecule has 0 aliphatic heterocycles. The van der Waals surface area contributed by atoms with Gasteiger partial charge in [-0.3, -0.25) is 9.59 Å². The number of carbonyl (C=O) groups excluding carboxylic acids is 2. The minimum absolute atomic E-state index is 0. The van der Waals surface area contributed by atoms with Crippen molar-refractivity contribution in [3.05, 3.63) is 65.7 Å². The van der Waals surface area contributed by atoms with Crippen LogP contribution >= 0.6 is 0 Å². The number of anilines is 1. The first-order valence-electron chi connectivity index (χ1n) is 6.64. The van der Waals surface area contributed by atoms with E-state index in [0.29, 0.717) is 16.8 Å². The SMILES string of the molecule is CC.CC(=O)c1cccc(NC(=O)c2ccccc2)c1.[HH]. The summed E-state index contributed by atoms with van der Waals surface area (Å²) in [6.07, 6.45) is 0. The van der Waals surface area contributed by atoms with Crippen LogP contribution in [-0.4, -0.2) is 11.7 Å². The van der Waals surface area contributed by atoms with Crippen LogP contribution in [0.15, 0.2) is 54.6 Å². The molecule has 0 atom stereocenters. The summed E-state index contributed by atoms with van der Waals surface area (Å²) in [4.78, 5) is 23.1. The van der Waals surface area contributed by atoms with Gasteiger partial charge in [0.1, 0.15) is 0 Å². The summed E-state index contributed by atoms with van der Waals surface area (Å²) in [6, 6.07) is 15.8. The minimum atomic E-state index is -0.184. The van der Waals surface area contributed by atoms with Gasteiger partial charge in [0, 0.05) is 18.2 Å². The molecular weight excluding hydrogens is 250 g/mol. The molecule has 2 aromatic rings. The first-order valence-corrected chi connectivity index (χ1v) is 6.64. The van der Waals surface area contributed by atoms with Crippen LogP contribution in [0.3, 0.4) is 0 Å². The second kappa shape index (κ2) is 7.89. The van der Waals surface area contributed by atoms with E-state index in [4.69, 9.17) is 0 Å². The molecule has 0 radical (unpaired) electrons. The average molecular weight is 271 g/mol. The molecule has 0 spiro atoms. The number of Topliss-reactive ketones (excluding diaryl/α,β-unsaturated/α-hetero) is 1. The Morgan fingerprint density at radius 2 is 1.50 bits per heavy atom. The smallest absolute Gasteiger partial charge is 0.255 e. The van der Waals surface area contributed by atoms with Gasteiger partial charge in [-0.25, -0.2) is 0 Å². The summed E-state index contributed by atoms with van der Waals surface area (Å²) in [7, 11) is 0. The van der Waals surface area contributed by atoms with Crippen LogP contribution in [0.5, 0.6) is 0 Å². The van der Waals surface area contributed by atoms with E-state index in [0.717, 1.165) is 0 Å². The Morgan fingerprint density at radius 3 is 2.10 bits per heavy atom. The first kappa shape index (κ1) is 15.6. The molecular formula is C17H21NO2. The Bertz CT molecular complexity index is 582. The second-order valence-corrected chi connectivity index (χ2v) is 3.96. The summed E-state index contributed by atoms with van der Waals surface area (Å²) >= 11 is 0. The third-order valence-corrected chi connectivity index (χ3v) is 2.56. The van der Waals surface area contributed by atoms with E-state index < -0.39 is 0 Å². The Labute approximate surface area is 121 Å². The average Bonchev–Trinajstić information content (AvgIpc) is 2.50. The highest BCUT2D eigenvalue weighted by Gasteiger charge is 2.06. The van der Waals surface area contributed by atoms with E-state index in [1.54, 1.807) is 48.5 Å². The molecule has 20 heavy (non-hydrogen) atoms. The molecule has 106 valence electrons. The summed E-state index contributed by atoms with van der Waals surface area (Å²) in [5.74, 6) is -0.206. The summed E-state index contributed by atoms with van der Waals surface area (Å²) < 4.78 is 0. The van der Waals surface area contributed by atoms with Gasteiger partial charge in [-0.15, -0.1) is 0 Å². The van der Waals surface area contributed by atoms with Crippen molar-refractivity contribution in [2.24, 2.45) is 0 Å². The van der Waals surface area contributed by atoms with Crippen molar-refractivity contribution in [3.63, 3.8) is 0 Å². The van der Waals surface area contributed by atoms with Crippen molar-refractivity contribution in [2.75, 3.05) is 5.32 Å². The normalized spacial score (nSPS) is 9.15. The van der Waals surface area contributed by atoms with Crippen molar-refractivity contribution < 1.29 is 11.0 Å². The molecule has 1 N–H and O–H groups in total. The fraction of sp³-hybridized carbons (Fsp3) is 0.176. The summed E-state index contributed by atoms with van der Waals surface area (Å²) in [5.41, 5.74) is 1.79. The van der Waals surface area contributed by atoms with Crippen LogP contribution < -0.4 is 5.32 Å². The Kier molecular flexibility index (Phi) is 6.17. The van der Waals surface area contributed by atoms with Crippen molar-refractivity contribution in [1.29, 1.82) is 0 Å². The summed E-state index contributed by atoms with van der Waals surface area (Å²) in [5, 5.41) is 2.76.